The van der Waals surface area contributed by atoms with Gasteiger partial charge in [-0.1, -0.05) is 6.07 Å². The Bertz CT molecular complexity index is 862. The van der Waals surface area contributed by atoms with Gasteiger partial charge >= 0.3 is 0 Å². The molecule has 0 radical (unpaired) electrons. The molecular weight excluding hydrogens is 348 g/mol. The number of carbonyl (C=O) groups excluding carboxylic acids is 1. The number of nitrogens with one attached hydrogen (secondary N) is 1. The second kappa shape index (κ2) is 7.49. The summed E-state index contributed by atoms with van der Waals surface area (Å²) in [5, 5.41) is 7.01. The van der Waals surface area contributed by atoms with Crippen LogP contribution in [0.5, 0.6) is 0 Å². The van der Waals surface area contributed by atoms with Gasteiger partial charge in [0.1, 0.15) is 23.8 Å². The van der Waals surface area contributed by atoms with Crippen molar-refractivity contribution in [2.75, 3.05) is 36.4 Å². The van der Waals surface area contributed by atoms with E-state index in [4.69, 9.17) is 0 Å². The normalized spacial score (nSPS) is 14.3. The number of hydrogen-bond acceptors (Lipinski definition) is 7. The number of carbonyl (C=O) groups is 1. The Balaban J connectivity index is 1.40. The highest BCUT2D eigenvalue weighted by molar-refractivity contribution is 7.08. The van der Waals surface area contributed by atoms with Gasteiger partial charge in [-0.2, -0.15) is 11.3 Å². The van der Waals surface area contributed by atoms with Gasteiger partial charge in [0.25, 0.3) is 5.91 Å². The molecule has 1 amide bonds. The fourth-order valence-corrected chi connectivity index (χ4v) is 3.49. The summed E-state index contributed by atoms with van der Waals surface area (Å²) in [5.41, 5.74) is 0.771. The van der Waals surface area contributed by atoms with Crippen LogP contribution in [0.4, 0.5) is 17.5 Å². The number of amides is 1. The molecular formula is C18H18N6OS. The van der Waals surface area contributed by atoms with Gasteiger partial charge in [-0.3, -0.25) is 4.79 Å². The zero-order valence-electron chi connectivity index (χ0n) is 14.1. The Morgan fingerprint density at radius 2 is 1.92 bits per heavy atom. The molecule has 4 heterocycles. The molecule has 4 rings (SSSR count). The standard InChI is InChI=1S/C18H18N6OS/c25-18(14-4-10-26-12-14)24-8-6-23(7-9-24)17-11-16(20-13-21-17)22-15-3-1-2-5-19-15/h1-5,10-13H,6-9H2,(H,19,20,21,22). The molecule has 132 valence electrons. The Labute approximate surface area is 155 Å². The number of rotatable bonds is 4. The van der Waals surface area contributed by atoms with Gasteiger partial charge in [-0.05, 0) is 23.6 Å². The second-order valence-electron chi connectivity index (χ2n) is 5.89. The Morgan fingerprint density at radius 1 is 1.04 bits per heavy atom. The lowest BCUT2D eigenvalue weighted by Crippen LogP contribution is -2.49. The number of pyridine rings is 1. The number of thiophene rings is 1. The molecule has 0 atom stereocenters. The summed E-state index contributed by atoms with van der Waals surface area (Å²) in [6.45, 7) is 2.86. The molecule has 0 spiro atoms. The van der Waals surface area contributed by atoms with E-state index in [1.165, 1.54) is 0 Å². The minimum absolute atomic E-state index is 0.103. The van der Waals surface area contributed by atoms with Crippen molar-refractivity contribution in [1.82, 2.24) is 19.9 Å². The third kappa shape index (κ3) is 3.65. The number of aromatic nitrogens is 3. The third-order valence-corrected chi connectivity index (χ3v) is 4.92. The molecule has 0 aliphatic carbocycles. The van der Waals surface area contributed by atoms with E-state index in [1.807, 2.05) is 46.0 Å². The third-order valence-electron chi connectivity index (χ3n) is 4.23. The maximum Gasteiger partial charge on any atom is 0.254 e. The summed E-state index contributed by atoms with van der Waals surface area (Å²) in [6, 6.07) is 9.45. The van der Waals surface area contributed by atoms with Crippen LogP contribution in [0.3, 0.4) is 0 Å². The highest BCUT2D eigenvalue weighted by Gasteiger charge is 2.23. The first-order valence-corrected chi connectivity index (χ1v) is 9.30. The molecule has 0 aromatic carbocycles. The quantitative estimate of drug-likeness (QED) is 0.765. The van der Waals surface area contributed by atoms with E-state index in [2.05, 4.69) is 25.2 Å². The van der Waals surface area contributed by atoms with Crippen molar-refractivity contribution in [2.24, 2.45) is 0 Å². The van der Waals surface area contributed by atoms with Gasteiger partial charge in [-0.25, -0.2) is 15.0 Å². The molecule has 7 nitrogen and oxygen atoms in total. The minimum atomic E-state index is 0.103. The van der Waals surface area contributed by atoms with Crippen molar-refractivity contribution in [1.29, 1.82) is 0 Å². The summed E-state index contributed by atoms with van der Waals surface area (Å²) < 4.78 is 0. The largest absolute Gasteiger partial charge is 0.353 e. The van der Waals surface area contributed by atoms with Crippen molar-refractivity contribution >= 4 is 34.7 Å². The number of hydrogen-bond donors (Lipinski definition) is 1. The van der Waals surface area contributed by atoms with Crippen molar-refractivity contribution in [2.45, 2.75) is 0 Å². The minimum Gasteiger partial charge on any atom is -0.353 e. The zero-order chi connectivity index (χ0) is 17.8. The molecule has 1 aliphatic rings. The van der Waals surface area contributed by atoms with Crippen molar-refractivity contribution in [3.8, 4) is 0 Å². The molecule has 0 bridgehead atoms. The van der Waals surface area contributed by atoms with Crippen molar-refractivity contribution in [3.63, 3.8) is 0 Å². The van der Waals surface area contributed by atoms with Gasteiger partial charge in [0, 0.05) is 43.8 Å². The average Bonchev–Trinajstić information content (AvgIpc) is 3.23. The summed E-state index contributed by atoms with van der Waals surface area (Å²) in [4.78, 5) is 29.4. The molecule has 3 aromatic heterocycles. The van der Waals surface area contributed by atoms with Gasteiger partial charge in [-0.15, -0.1) is 0 Å². The highest BCUT2D eigenvalue weighted by atomic mass is 32.1. The topological polar surface area (TPSA) is 74.2 Å². The number of anilines is 3. The Morgan fingerprint density at radius 3 is 2.65 bits per heavy atom. The molecule has 1 fully saturated rings. The lowest BCUT2D eigenvalue weighted by atomic mass is 10.2. The van der Waals surface area contributed by atoms with Gasteiger partial charge < -0.3 is 15.1 Å². The summed E-state index contributed by atoms with van der Waals surface area (Å²) in [6.07, 6.45) is 3.28. The highest BCUT2D eigenvalue weighted by Crippen LogP contribution is 2.19. The van der Waals surface area contributed by atoms with E-state index in [0.717, 1.165) is 30.3 Å². The van der Waals surface area contributed by atoms with Crippen molar-refractivity contribution < 1.29 is 4.79 Å². The fourth-order valence-electron chi connectivity index (χ4n) is 2.86. The fraction of sp³-hybridized carbons (Fsp3) is 0.222. The molecule has 0 saturated carbocycles. The van der Waals surface area contributed by atoms with E-state index in [9.17, 15) is 4.79 Å². The first-order valence-electron chi connectivity index (χ1n) is 8.36. The lowest BCUT2D eigenvalue weighted by molar-refractivity contribution is 0.0747. The average molecular weight is 366 g/mol. The maximum absolute atomic E-state index is 12.4. The molecule has 26 heavy (non-hydrogen) atoms. The Hall–Kier alpha value is -3.00. The van der Waals surface area contributed by atoms with Crippen LogP contribution in [0.15, 0.2) is 53.6 Å². The van der Waals surface area contributed by atoms with Crippen LogP contribution in [0.1, 0.15) is 10.4 Å². The van der Waals surface area contributed by atoms with Gasteiger partial charge in [0.05, 0.1) is 5.56 Å². The van der Waals surface area contributed by atoms with Crippen LogP contribution in [0, 0.1) is 0 Å². The molecule has 1 saturated heterocycles. The first-order chi connectivity index (χ1) is 12.8. The molecule has 8 heteroatoms. The van der Waals surface area contributed by atoms with E-state index >= 15 is 0 Å². The second-order valence-corrected chi connectivity index (χ2v) is 6.67. The predicted molar refractivity (Wildman–Crippen MR) is 102 cm³/mol. The molecule has 0 unspecified atom stereocenters. The van der Waals surface area contributed by atoms with E-state index in [1.54, 1.807) is 23.9 Å². The van der Waals surface area contributed by atoms with E-state index < -0.39 is 0 Å². The predicted octanol–water partition coefficient (Wildman–Crippen LogP) is 2.64. The monoisotopic (exact) mass is 366 g/mol. The van der Waals surface area contributed by atoms with E-state index in [-0.39, 0.29) is 5.91 Å². The van der Waals surface area contributed by atoms with Crippen LogP contribution < -0.4 is 10.2 Å². The van der Waals surface area contributed by atoms with Crippen molar-refractivity contribution in [3.05, 3.63) is 59.2 Å². The lowest BCUT2D eigenvalue weighted by Gasteiger charge is -2.35. The summed E-state index contributed by atoms with van der Waals surface area (Å²) >= 11 is 1.54. The van der Waals surface area contributed by atoms with Crippen LogP contribution in [-0.4, -0.2) is 51.9 Å². The molecule has 3 aromatic rings. The SMILES string of the molecule is O=C(c1ccsc1)N1CCN(c2cc(Nc3ccccn3)ncn2)CC1. The zero-order valence-corrected chi connectivity index (χ0v) is 14.9. The smallest absolute Gasteiger partial charge is 0.254 e. The molecule has 1 aliphatic heterocycles. The van der Waals surface area contributed by atoms with E-state index in [0.29, 0.717) is 18.9 Å². The van der Waals surface area contributed by atoms with Crippen LogP contribution in [0.25, 0.3) is 0 Å². The first kappa shape index (κ1) is 16.5. The van der Waals surface area contributed by atoms with Crippen LogP contribution in [0.2, 0.25) is 0 Å². The van der Waals surface area contributed by atoms with Gasteiger partial charge in [0.2, 0.25) is 0 Å². The van der Waals surface area contributed by atoms with Crippen LogP contribution >= 0.6 is 11.3 Å². The molecule has 1 N–H and O–H groups in total. The number of nitrogens with zero attached hydrogens (tertiary/aromatic N) is 5. The van der Waals surface area contributed by atoms with Gasteiger partial charge in [0.15, 0.2) is 0 Å². The summed E-state index contributed by atoms with van der Waals surface area (Å²) in [7, 11) is 0. The van der Waals surface area contributed by atoms with Crippen LogP contribution in [-0.2, 0) is 0 Å². The Kier molecular flexibility index (Phi) is 4.74. The number of piperazine rings is 1. The summed E-state index contributed by atoms with van der Waals surface area (Å²) in [5.74, 6) is 2.39. The maximum atomic E-state index is 12.4.